The van der Waals surface area contributed by atoms with Crippen LogP contribution in [-0.4, -0.2) is 30.4 Å². The molecule has 0 saturated carbocycles. The van der Waals surface area contributed by atoms with Crippen LogP contribution in [0, 0.1) is 5.92 Å². The zero-order chi connectivity index (χ0) is 13.7. The van der Waals surface area contributed by atoms with Gasteiger partial charge in [0.1, 0.15) is 0 Å². The maximum Gasteiger partial charge on any atom is 0.285 e. The molecule has 1 fully saturated rings. The van der Waals surface area contributed by atoms with Gasteiger partial charge in [0.05, 0.1) is 6.54 Å². The molecule has 1 aromatic rings. The van der Waals surface area contributed by atoms with Crippen LogP contribution in [0.5, 0.6) is 0 Å². The van der Waals surface area contributed by atoms with Gasteiger partial charge < -0.3 is 0 Å². The third kappa shape index (κ3) is 4.15. The molecule has 106 valence electrons. The molecular weight excluding hydrogens is 268 g/mol. The van der Waals surface area contributed by atoms with E-state index in [9.17, 15) is 8.78 Å². The van der Waals surface area contributed by atoms with Gasteiger partial charge in [-0.1, -0.05) is 30.3 Å². The lowest BCUT2D eigenvalue weighted by molar-refractivity contribution is -0.0464. The fourth-order valence-electron chi connectivity index (χ4n) is 2.74. The van der Waals surface area contributed by atoms with Crippen molar-refractivity contribution in [1.29, 1.82) is 0 Å². The predicted octanol–water partition coefficient (Wildman–Crippen LogP) is 4.12. The SMILES string of the molecule is FC(F)(CN1CCCC(CCCl)C1)c1ccccc1. The summed E-state index contributed by atoms with van der Waals surface area (Å²) in [6.07, 6.45) is 3.03. The molecule has 1 nitrogen and oxygen atoms in total. The minimum absolute atomic E-state index is 0.106. The molecule has 1 heterocycles. The van der Waals surface area contributed by atoms with E-state index in [1.807, 2.05) is 4.90 Å². The molecule has 0 amide bonds. The minimum atomic E-state index is -2.77. The first kappa shape index (κ1) is 14.7. The monoisotopic (exact) mass is 287 g/mol. The molecule has 0 bridgehead atoms. The summed E-state index contributed by atoms with van der Waals surface area (Å²) >= 11 is 5.74. The summed E-state index contributed by atoms with van der Waals surface area (Å²) in [5.41, 5.74) is 0.106. The van der Waals surface area contributed by atoms with E-state index in [-0.39, 0.29) is 12.1 Å². The van der Waals surface area contributed by atoms with Crippen LogP contribution in [-0.2, 0) is 5.92 Å². The molecule has 1 aliphatic heterocycles. The van der Waals surface area contributed by atoms with E-state index in [0.29, 0.717) is 11.8 Å². The lowest BCUT2D eigenvalue weighted by Gasteiger charge is -2.34. The number of halogens is 3. The molecule has 1 unspecified atom stereocenters. The van der Waals surface area contributed by atoms with Crippen LogP contribution in [0.1, 0.15) is 24.8 Å². The first-order valence-electron chi connectivity index (χ1n) is 6.83. The van der Waals surface area contributed by atoms with Crippen LogP contribution < -0.4 is 0 Å². The molecule has 19 heavy (non-hydrogen) atoms. The zero-order valence-corrected chi connectivity index (χ0v) is 11.8. The lowest BCUT2D eigenvalue weighted by Crippen LogP contribution is -2.41. The van der Waals surface area contributed by atoms with Crippen molar-refractivity contribution in [2.45, 2.75) is 25.2 Å². The van der Waals surface area contributed by atoms with E-state index >= 15 is 0 Å². The molecule has 0 N–H and O–H groups in total. The fourth-order valence-corrected chi connectivity index (χ4v) is 3.05. The van der Waals surface area contributed by atoms with Gasteiger partial charge in [-0.2, -0.15) is 8.78 Å². The van der Waals surface area contributed by atoms with Crippen molar-refractivity contribution in [3.8, 4) is 0 Å². The maximum atomic E-state index is 14.2. The van der Waals surface area contributed by atoms with Crippen LogP contribution in [0.2, 0.25) is 0 Å². The van der Waals surface area contributed by atoms with E-state index in [4.69, 9.17) is 11.6 Å². The Morgan fingerprint density at radius 2 is 2.00 bits per heavy atom. The molecule has 1 aliphatic rings. The van der Waals surface area contributed by atoms with Crippen molar-refractivity contribution in [3.63, 3.8) is 0 Å². The largest absolute Gasteiger partial charge is 0.297 e. The van der Waals surface area contributed by atoms with Crippen LogP contribution in [0.15, 0.2) is 30.3 Å². The molecule has 0 aliphatic carbocycles. The molecule has 0 aromatic heterocycles. The van der Waals surface area contributed by atoms with Crippen molar-refractivity contribution in [2.75, 3.05) is 25.5 Å². The first-order chi connectivity index (χ1) is 9.12. The van der Waals surface area contributed by atoms with Crippen molar-refractivity contribution < 1.29 is 8.78 Å². The van der Waals surface area contributed by atoms with Gasteiger partial charge in [-0.15, -0.1) is 11.6 Å². The number of hydrogen-bond acceptors (Lipinski definition) is 1. The molecule has 0 spiro atoms. The number of likely N-dealkylation sites (tertiary alicyclic amines) is 1. The molecule has 1 saturated heterocycles. The minimum Gasteiger partial charge on any atom is -0.297 e. The van der Waals surface area contributed by atoms with E-state index < -0.39 is 5.92 Å². The highest BCUT2D eigenvalue weighted by atomic mass is 35.5. The maximum absolute atomic E-state index is 14.2. The van der Waals surface area contributed by atoms with Crippen molar-refractivity contribution in [3.05, 3.63) is 35.9 Å². The Balaban J connectivity index is 1.96. The van der Waals surface area contributed by atoms with Gasteiger partial charge in [0, 0.05) is 18.0 Å². The number of benzene rings is 1. The van der Waals surface area contributed by atoms with E-state index in [1.54, 1.807) is 18.2 Å². The van der Waals surface area contributed by atoms with Crippen LogP contribution >= 0.6 is 11.6 Å². The molecule has 1 aromatic carbocycles. The van der Waals surface area contributed by atoms with Crippen LogP contribution in [0.25, 0.3) is 0 Å². The number of hydrogen-bond donors (Lipinski definition) is 0. The Morgan fingerprint density at radius 1 is 1.26 bits per heavy atom. The van der Waals surface area contributed by atoms with Crippen LogP contribution in [0.4, 0.5) is 8.78 Å². The summed E-state index contributed by atoms with van der Waals surface area (Å²) in [6, 6.07) is 8.09. The Labute approximate surface area is 118 Å². The number of alkyl halides is 3. The average molecular weight is 288 g/mol. The van der Waals surface area contributed by atoms with Crippen molar-refractivity contribution in [2.24, 2.45) is 5.92 Å². The standard InChI is InChI=1S/C15H20ClF2N/c16-9-8-13-5-4-10-19(11-13)12-15(17,18)14-6-2-1-3-7-14/h1-3,6-7,13H,4-5,8-12H2. The van der Waals surface area contributed by atoms with Crippen LogP contribution in [0.3, 0.4) is 0 Å². The molecular formula is C15H20ClF2N. The predicted molar refractivity (Wildman–Crippen MR) is 74.8 cm³/mol. The number of piperidine rings is 1. The highest BCUT2D eigenvalue weighted by Crippen LogP contribution is 2.31. The van der Waals surface area contributed by atoms with E-state index in [2.05, 4.69) is 0 Å². The third-order valence-electron chi connectivity index (χ3n) is 3.74. The first-order valence-corrected chi connectivity index (χ1v) is 7.37. The Bertz CT molecular complexity index is 381. The molecule has 2 rings (SSSR count). The summed E-state index contributed by atoms with van der Waals surface area (Å²) in [5.74, 6) is -1.68. The van der Waals surface area contributed by atoms with Crippen molar-refractivity contribution in [1.82, 2.24) is 4.90 Å². The summed E-state index contributed by atoms with van der Waals surface area (Å²) in [7, 11) is 0. The summed E-state index contributed by atoms with van der Waals surface area (Å²) < 4.78 is 28.4. The van der Waals surface area contributed by atoms with Gasteiger partial charge in [0.15, 0.2) is 0 Å². The Kier molecular flexibility index (Phi) is 5.17. The molecule has 1 atom stereocenters. The topological polar surface area (TPSA) is 3.24 Å². The van der Waals surface area contributed by atoms with E-state index in [0.717, 1.165) is 32.4 Å². The van der Waals surface area contributed by atoms with Gasteiger partial charge in [-0.05, 0) is 31.7 Å². The summed E-state index contributed by atoms with van der Waals surface area (Å²) in [4.78, 5) is 1.88. The average Bonchev–Trinajstić information content (AvgIpc) is 2.40. The second-order valence-electron chi connectivity index (χ2n) is 5.29. The van der Waals surface area contributed by atoms with Gasteiger partial charge in [-0.3, -0.25) is 4.90 Å². The quantitative estimate of drug-likeness (QED) is 0.737. The second kappa shape index (κ2) is 6.67. The second-order valence-corrected chi connectivity index (χ2v) is 5.67. The highest BCUT2D eigenvalue weighted by Gasteiger charge is 2.35. The smallest absolute Gasteiger partial charge is 0.285 e. The van der Waals surface area contributed by atoms with Crippen molar-refractivity contribution >= 4 is 11.6 Å². The summed E-state index contributed by atoms with van der Waals surface area (Å²) in [6.45, 7) is 1.33. The molecule has 0 radical (unpaired) electrons. The number of nitrogens with zero attached hydrogens (tertiary/aromatic N) is 1. The van der Waals surface area contributed by atoms with Gasteiger partial charge in [0.25, 0.3) is 5.92 Å². The normalized spacial score (nSPS) is 21.5. The Hall–Kier alpha value is -0.670. The Morgan fingerprint density at radius 3 is 2.68 bits per heavy atom. The van der Waals surface area contributed by atoms with Gasteiger partial charge in [-0.25, -0.2) is 0 Å². The number of rotatable bonds is 5. The third-order valence-corrected chi connectivity index (χ3v) is 3.96. The zero-order valence-electron chi connectivity index (χ0n) is 11.0. The van der Waals surface area contributed by atoms with E-state index in [1.165, 1.54) is 12.1 Å². The highest BCUT2D eigenvalue weighted by molar-refractivity contribution is 6.17. The molecule has 4 heteroatoms. The van der Waals surface area contributed by atoms with Gasteiger partial charge in [0.2, 0.25) is 0 Å². The van der Waals surface area contributed by atoms with Gasteiger partial charge >= 0.3 is 0 Å². The lowest BCUT2D eigenvalue weighted by atomic mass is 9.95. The fraction of sp³-hybridized carbons (Fsp3) is 0.600. The summed E-state index contributed by atoms with van der Waals surface area (Å²) in [5, 5.41) is 0.